The molecule has 0 aliphatic carbocycles. The zero-order valence-electron chi connectivity index (χ0n) is 38.5. The zero-order chi connectivity index (χ0) is 46.2. The zero-order valence-corrected chi connectivity index (χ0v) is 40.5. The molecule has 9 nitrogen and oxygen atoms in total. The molecule has 5 rings (SSSR count). The summed E-state index contributed by atoms with van der Waals surface area (Å²) in [5.74, 6) is -0.980. The highest BCUT2D eigenvalue weighted by Gasteiger charge is 2.53. The second kappa shape index (κ2) is 22.7. The number of allylic oxidation sites excluding steroid dienone is 2. The van der Waals surface area contributed by atoms with E-state index in [0.717, 1.165) is 44.7 Å². The smallest absolute Gasteiger partial charge is 0.441 e. The highest BCUT2D eigenvalue weighted by Crippen LogP contribution is 2.40. The van der Waals surface area contributed by atoms with Gasteiger partial charge in [-0.15, -0.1) is 0 Å². The number of ketones is 1. The van der Waals surface area contributed by atoms with E-state index in [2.05, 4.69) is 119 Å². The number of Topliss-reactive ketones (excluding diaryl/α,β-unsaturated/α-hetero) is 1. The lowest BCUT2D eigenvalue weighted by Gasteiger charge is -2.46. The number of hydrogen-bond donors (Lipinski definition) is 0. The summed E-state index contributed by atoms with van der Waals surface area (Å²) in [6.45, 7) is 14.2. The van der Waals surface area contributed by atoms with Crippen LogP contribution in [-0.2, 0) is 34.5 Å². The van der Waals surface area contributed by atoms with Gasteiger partial charge in [-0.1, -0.05) is 193 Å². The van der Waals surface area contributed by atoms with Crippen LogP contribution in [-0.4, -0.2) is 72.4 Å². The highest BCUT2D eigenvalue weighted by molar-refractivity contribution is 7.00. The summed E-state index contributed by atoms with van der Waals surface area (Å²) in [5.41, 5.74) is 11.1. The van der Waals surface area contributed by atoms with E-state index in [0.29, 0.717) is 19.6 Å². The minimum Gasteiger partial charge on any atom is -0.497 e. The Balaban J connectivity index is 1.65. The normalized spacial score (nSPS) is 13.0. The first-order chi connectivity index (χ1) is 30.7. The van der Waals surface area contributed by atoms with Crippen molar-refractivity contribution in [2.24, 2.45) is 0 Å². The van der Waals surface area contributed by atoms with Crippen molar-refractivity contribution in [2.45, 2.75) is 77.2 Å². The molecule has 1 unspecified atom stereocenters. The van der Waals surface area contributed by atoms with Gasteiger partial charge in [-0.2, -0.15) is 4.79 Å². The summed E-state index contributed by atoms with van der Waals surface area (Å²) in [6, 6.07) is 49.0. The molecule has 5 aromatic rings. The van der Waals surface area contributed by atoms with Crippen molar-refractivity contribution in [3.8, 4) is 5.75 Å². The van der Waals surface area contributed by atoms with E-state index in [1.54, 1.807) is 7.11 Å². The summed E-state index contributed by atoms with van der Waals surface area (Å²) in [7, 11) is -3.54. The average molecular weight is 895 g/mol. The van der Waals surface area contributed by atoms with Gasteiger partial charge in [-0.25, -0.2) is 4.79 Å². The van der Waals surface area contributed by atoms with Crippen molar-refractivity contribution < 1.29 is 37.4 Å². The average Bonchev–Trinajstić information content (AvgIpc) is 3.30. The summed E-state index contributed by atoms with van der Waals surface area (Å²) in [6.07, 6.45) is 4.94. The first-order valence-corrected chi connectivity index (χ1v) is 25.5. The Kier molecular flexibility index (Phi) is 17.5. The number of methoxy groups -OCH3 is 2. The molecule has 0 bridgehead atoms. The molecule has 0 fully saturated rings. The fourth-order valence-electron chi connectivity index (χ4n) is 8.37. The molecule has 0 aromatic heterocycles. The lowest BCUT2D eigenvalue weighted by Crippen LogP contribution is -2.68. The van der Waals surface area contributed by atoms with Gasteiger partial charge in [0.1, 0.15) is 5.75 Å². The second-order valence-electron chi connectivity index (χ2n) is 17.6. The Morgan fingerprint density at radius 1 is 0.672 bits per heavy atom. The first-order valence-electron chi connectivity index (χ1n) is 21.7. The maximum Gasteiger partial charge on any atom is 0.441 e. The third kappa shape index (κ3) is 11.7. The van der Waals surface area contributed by atoms with Gasteiger partial charge >= 0.3 is 11.7 Å². The third-order valence-electron chi connectivity index (χ3n) is 11.5. The molecule has 5 aromatic carbocycles. The van der Waals surface area contributed by atoms with Crippen LogP contribution in [0.25, 0.3) is 5.53 Å². The summed E-state index contributed by atoms with van der Waals surface area (Å²) >= 11 is 0. The van der Waals surface area contributed by atoms with Gasteiger partial charge in [0.2, 0.25) is 0 Å². The summed E-state index contributed by atoms with van der Waals surface area (Å²) < 4.78 is 31.4. The molecule has 0 N–H and O–H groups in total. The van der Waals surface area contributed by atoms with Crippen molar-refractivity contribution in [2.75, 3.05) is 27.4 Å². The molecule has 0 aliphatic heterocycles. The van der Waals surface area contributed by atoms with Crippen LogP contribution in [0.2, 0.25) is 10.1 Å². The summed E-state index contributed by atoms with van der Waals surface area (Å²) in [5, 5.41) is 3.57. The van der Waals surface area contributed by atoms with Crippen LogP contribution in [0.1, 0.15) is 59.9 Å². The van der Waals surface area contributed by atoms with Crippen LogP contribution in [0.5, 0.6) is 5.75 Å². The van der Waals surface area contributed by atoms with E-state index >= 15 is 0 Å². The number of benzene rings is 5. The molecule has 1 atom stereocenters. The number of hydrogen-bond acceptors (Lipinski definition) is 7. The number of esters is 1. The van der Waals surface area contributed by atoms with Crippen molar-refractivity contribution in [3.05, 3.63) is 180 Å². The van der Waals surface area contributed by atoms with E-state index in [1.807, 2.05) is 91.0 Å². The molecule has 0 radical (unpaired) electrons. The Morgan fingerprint density at radius 2 is 1.14 bits per heavy atom. The molecule has 0 spiro atoms. The minimum atomic E-state index is -3.34. The lowest BCUT2D eigenvalue weighted by atomic mass is 9.99. The number of rotatable bonds is 21. The van der Waals surface area contributed by atoms with Gasteiger partial charge in [0.15, 0.2) is 0 Å². The number of ether oxygens (including phenoxy) is 3. The molecule has 334 valence electrons. The highest BCUT2D eigenvalue weighted by atomic mass is 28.4. The van der Waals surface area contributed by atoms with E-state index < -0.39 is 45.2 Å². The van der Waals surface area contributed by atoms with Crippen LogP contribution < -0.4 is 25.5 Å². The predicted molar refractivity (Wildman–Crippen MR) is 261 cm³/mol. The quantitative estimate of drug-likeness (QED) is 0.0106. The Labute approximate surface area is 381 Å². The minimum absolute atomic E-state index is 0.283. The van der Waals surface area contributed by atoms with Crippen LogP contribution in [0, 0.1) is 0 Å². The SMILES string of the molecule is COC(=O)C(=[N+]=[N-])C(=O)CC(O[Si](c1ccccc1)(c1ccccc1)C(C)(C)C)/C(=C/C=C/COCc1ccc(OC)cc1)CCO[Si](c1ccccc1)(c1ccccc1)C(C)(C)C. The van der Waals surface area contributed by atoms with Crippen molar-refractivity contribution >= 4 is 54.8 Å². The van der Waals surface area contributed by atoms with Gasteiger partial charge in [0, 0.05) is 13.0 Å². The third-order valence-corrected chi connectivity index (χ3v) is 21.6. The van der Waals surface area contributed by atoms with E-state index in [1.165, 1.54) is 0 Å². The Morgan fingerprint density at radius 3 is 1.56 bits per heavy atom. The van der Waals surface area contributed by atoms with E-state index in [-0.39, 0.29) is 18.1 Å². The van der Waals surface area contributed by atoms with Gasteiger partial charge in [-0.3, -0.25) is 4.79 Å². The van der Waals surface area contributed by atoms with Crippen LogP contribution in [0.3, 0.4) is 0 Å². The predicted octanol–water partition coefficient (Wildman–Crippen LogP) is 8.41. The number of nitrogens with zero attached hydrogens (tertiary/aromatic N) is 2. The maximum absolute atomic E-state index is 14.3. The largest absolute Gasteiger partial charge is 0.497 e. The molecule has 0 heterocycles. The molecule has 0 saturated heterocycles. The summed E-state index contributed by atoms with van der Waals surface area (Å²) in [4.78, 5) is 30.2. The fraction of sp³-hybridized carbons (Fsp3) is 0.302. The van der Waals surface area contributed by atoms with Crippen LogP contribution >= 0.6 is 0 Å². The molecule has 0 aliphatic rings. The van der Waals surface area contributed by atoms with E-state index in [9.17, 15) is 15.1 Å². The van der Waals surface area contributed by atoms with Gasteiger partial charge in [0.05, 0.1) is 33.5 Å². The molecular formula is C53H62N2O7Si2. The van der Waals surface area contributed by atoms with Crippen LogP contribution in [0.4, 0.5) is 0 Å². The first kappa shape index (κ1) is 49.2. The molecule has 0 amide bonds. The molecule has 0 saturated carbocycles. The van der Waals surface area contributed by atoms with Crippen molar-refractivity contribution in [1.82, 2.24) is 0 Å². The van der Waals surface area contributed by atoms with Gasteiger partial charge in [-0.05, 0) is 60.5 Å². The standard InChI is InChI=1S/C53H62N2O7Si2/c1-52(2,3)63(44-24-13-9-14-25-44,45-26-15-10-16-27-45)61-38-36-42(23-21-22-37-60-40-41-32-34-43(58-7)35-33-41)49(39-48(56)50(55-54)51(57)59-8)62-64(53(4,5)6,46-28-17-11-18-29-46)47-30-19-12-20-31-47/h9-35,49H,36-40H2,1-8H3/b22-21+,42-23+. The van der Waals surface area contributed by atoms with Crippen molar-refractivity contribution in [1.29, 1.82) is 0 Å². The fourth-order valence-corrected chi connectivity index (χ4v) is 17.6. The second-order valence-corrected chi connectivity index (χ2v) is 26.2. The Bertz CT molecular complexity index is 2290. The Hall–Kier alpha value is -5.79. The van der Waals surface area contributed by atoms with Gasteiger partial charge in [0.25, 0.3) is 22.4 Å². The van der Waals surface area contributed by atoms with E-state index in [4.69, 9.17) is 23.1 Å². The number of carbonyl (C=O) groups is 2. The molecular weight excluding hydrogens is 833 g/mol. The topological polar surface area (TPSA) is 117 Å². The van der Waals surface area contributed by atoms with Crippen molar-refractivity contribution in [3.63, 3.8) is 0 Å². The van der Waals surface area contributed by atoms with Gasteiger partial charge < -0.3 is 28.6 Å². The lowest BCUT2D eigenvalue weighted by molar-refractivity contribution is -0.139. The number of carbonyl (C=O) groups excluding carboxylic acids is 2. The molecule has 64 heavy (non-hydrogen) atoms. The molecule has 11 heteroatoms. The van der Waals surface area contributed by atoms with Crippen LogP contribution in [0.15, 0.2) is 169 Å². The maximum atomic E-state index is 14.3. The monoisotopic (exact) mass is 894 g/mol.